The fraction of sp³-hybridized carbons (Fsp3) is 0.800. The van der Waals surface area contributed by atoms with E-state index in [0.717, 1.165) is 25.7 Å². The lowest BCUT2D eigenvalue weighted by atomic mass is 10.1. The smallest absolute Gasteiger partial charge is 0.390 e. The Hall–Kier alpha value is -1.47. The summed E-state index contributed by atoms with van der Waals surface area (Å²) in [5.74, 6) is 1.25. The van der Waals surface area contributed by atoms with Gasteiger partial charge in [-0.25, -0.2) is 4.57 Å². The first-order chi connectivity index (χ1) is 10.6. The first kappa shape index (κ1) is 15.4. The number of hydrogen-bond donors (Lipinski definition) is 0. The lowest BCUT2D eigenvalue weighted by molar-refractivity contribution is -0.396. The molecule has 1 aliphatic carbocycles. The molecule has 122 valence electrons. The summed E-state index contributed by atoms with van der Waals surface area (Å²) in [5.41, 5.74) is 0. The summed E-state index contributed by atoms with van der Waals surface area (Å²) in [5, 5.41) is 10.9. The Labute approximate surface area is 131 Å². The summed E-state index contributed by atoms with van der Waals surface area (Å²) >= 11 is 0. The van der Waals surface area contributed by atoms with Gasteiger partial charge in [-0.2, -0.15) is 0 Å². The van der Waals surface area contributed by atoms with E-state index in [1.807, 2.05) is 0 Å². The topological polar surface area (TPSA) is 67.4 Å². The zero-order valence-electron chi connectivity index (χ0n) is 13.2. The predicted molar refractivity (Wildman–Crippen MR) is 83.4 cm³/mol. The number of nitrogens with zero attached hydrogens (tertiary/aromatic N) is 5. The van der Waals surface area contributed by atoms with Crippen LogP contribution in [0.15, 0.2) is 12.4 Å². The van der Waals surface area contributed by atoms with E-state index in [-0.39, 0.29) is 5.95 Å². The van der Waals surface area contributed by atoms with Crippen LogP contribution in [0.4, 0.5) is 5.95 Å². The molecule has 0 N–H and O–H groups in total. The van der Waals surface area contributed by atoms with Crippen LogP contribution >= 0.6 is 0 Å². The second kappa shape index (κ2) is 6.75. The van der Waals surface area contributed by atoms with Gasteiger partial charge in [-0.3, -0.25) is 9.80 Å². The summed E-state index contributed by atoms with van der Waals surface area (Å²) in [6.07, 6.45) is 7.23. The summed E-state index contributed by atoms with van der Waals surface area (Å²) < 4.78 is 1.65. The lowest BCUT2D eigenvalue weighted by Gasteiger charge is -2.36. The van der Waals surface area contributed by atoms with Crippen LogP contribution in [0.25, 0.3) is 0 Å². The Morgan fingerprint density at radius 1 is 1.36 bits per heavy atom. The fourth-order valence-corrected chi connectivity index (χ4v) is 3.36. The van der Waals surface area contributed by atoms with Crippen molar-refractivity contribution in [3.63, 3.8) is 0 Å². The van der Waals surface area contributed by atoms with Gasteiger partial charge >= 0.3 is 5.95 Å². The van der Waals surface area contributed by atoms with Crippen LogP contribution in [0.1, 0.15) is 26.2 Å². The number of rotatable bonds is 7. The second-order valence-electron chi connectivity index (χ2n) is 6.83. The highest BCUT2D eigenvalue weighted by Gasteiger charge is 2.27. The molecule has 0 aromatic carbocycles. The van der Waals surface area contributed by atoms with Gasteiger partial charge < -0.3 is 10.1 Å². The van der Waals surface area contributed by atoms with Crippen molar-refractivity contribution in [3.8, 4) is 0 Å². The van der Waals surface area contributed by atoms with Gasteiger partial charge in [0.1, 0.15) is 12.4 Å². The molecule has 2 fully saturated rings. The van der Waals surface area contributed by atoms with Crippen LogP contribution in [-0.4, -0.2) is 57.1 Å². The van der Waals surface area contributed by atoms with Gasteiger partial charge in [-0.05, 0) is 36.0 Å². The highest BCUT2D eigenvalue weighted by Crippen LogP contribution is 2.30. The molecule has 0 bridgehead atoms. The maximum absolute atomic E-state index is 10.9. The maximum atomic E-state index is 10.9. The number of nitro groups is 1. The first-order valence-corrected chi connectivity index (χ1v) is 8.22. The third-order valence-electron chi connectivity index (χ3n) is 4.50. The van der Waals surface area contributed by atoms with Crippen LogP contribution < -0.4 is 0 Å². The number of hydrogen-bond acceptors (Lipinski definition) is 5. The SMILES string of the molecule is CC(CN1CCCN(CC2CC2)C1)Cn1ccnc1[N+](=O)[O-]. The van der Waals surface area contributed by atoms with Gasteiger partial charge in [0, 0.05) is 26.2 Å². The molecule has 1 saturated heterocycles. The molecule has 7 heteroatoms. The minimum absolute atomic E-state index is 0.0548. The third-order valence-corrected chi connectivity index (χ3v) is 4.50. The zero-order chi connectivity index (χ0) is 15.5. The molecule has 1 aliphatic heterocycles. The lowest BCUT2D eigenvalue weighted by Crippen LogP contribution is -2.47. The van der Waals surface area contributed by atoms with Crippen molar-refractivity contribution in [2.45, 2.75) is 32.7 Å². The largest absolute Gasteiger partial charge is 0.434 e. The van der Waals surface area contributed by atoms with Crippen molar-refractivity contribution in [3.05, 3.63) is 22.5 Å². The fourth-order valence-electron chi connectivity index (χ4n) is 3.36. The molecule has 1 aromatic heterocycles. The minimum atomic E-state index is -0.412. The van der Waals surface area contributed by atoms with Gasteiger partial charge in [0.15, 0.2) is 0 Å². The van der Waals surface area contributed by atoms with E-state index in [1.54, 1.807) is 10.8 Å². The number of imidazole rings is 1. The summed E-state index contributed by atoms with van der Waals surface area (Å²) in [4.78, 5) is 19.4. The van der Waals surface area contributed by atoms with E-state index < -0.39 is 4.92 Å². The molecule has 1 saturated carbocycles. The average molecular weight is 307 g/mol. The van der Waals surface area contributed by atoms with Crippen LogP contribution in [-0.2, 0) is 6.54 Å². The normalized spacial score (nSPS) is 21.9. The van der Waals surface area contributed by atoms with Crippen molar-refractivity contribution in [2.24, 2.45) is 11.8 Å². The molecule has 1 aromatic rings. The van der Waals surface area contributed by atoms with Crippen molar-refractivity contribution < 1.29 is 4.92 Å². The standard InChI is InChI=1S/C15H25N5O2/c1-13(10-19-8-5-16-15(19)20(21)22)9-17-6-2-7-18(12-17)11-14-3-4-14/h5,8,13-14H,2-4,6-7,9-12H2,1H3. The molecular weight excluding hydrogens is 282 g/mol. The second-order valence-corrected chi connectivity index (χ2v) is 6.83. The monoisotopic (exact) mass is 307 g/mol. The van der Waals surface area contributed by atoms with Crippen LogP contribution in [0.3, 0.4) is 0 Å². The molecule has 2 heterocycles. The Morgan fingerprint density at radius 3 is 2.86 bits per heavy atom. The Balaban J connectivity index is 1.49. The Kier molecular flexibility index (Phi) is 4.73. The quantitative estimate of drug-likeness (QED) is 0.567. The van der Waals surface area contributed by atoms with E-state index >= 15 is 0 Å². The molecule has 0 spiro atoms. The third kappa shape index (κ3) is 4.04. The van der Waals surface area contributed by atoms with Crippen molar-refractivity contribution in [1.82, 2.24) is 19.4 Å². The minimum Gasteiger partial charge on any atom is -0.390 e. The molecule has 0 amide bonds. The predicted octanol–water partition coefficient (Wildman–Crippen LogP) is 1.80. The van der Waals surface area contributed by atoms with E-state index in [2.05, 4.69) is 21.7 Å². The van der Waals surface area contributed by atoms with Crippen LogP contribution in [0.5, 0.6) is 0 Å². The van der Waals surface area contributed by atoms with Crippen molar-refractivity contribution >= 4 is 5.95 Å². The first-order valence-electron chi connectivity index (χ1n) is 8.22. The van der Waals surface area contributed by atoms with Gasteiger partial charge in [0.25, 0.3) is 0 Å². The molecule has 22 heavy (non-hydrogen) atoms. The average Bonchev–Trinajstić information content (AvgIpc) is 3.14. The van der Waals surface area contributed by atoms with Crippen molar-refractivity contribution in [2.75, 3.05) is 32.8 Å². The van der Waals surface area contributed by atoms with Crippen LogP contribution in [0.2, 0.25) is 0 Å². The zero-order valence-corrected chi connectivity index (χ0v) is 13.2. The molecule has 7 nitrogen and oxygen atoms in total. The summed E-state index contributed by atoms with van der Waals surface area (Å²) in [6.45, 7) is 8.44. The van der Waals surface area contributed by atoms with E-state index in [4.69, 9.17) is 0 Å². The summed E-state index contributed by atoms with van der Waals surface area (Å²) in [7, 11) is 0. The van der Waals surface area contributed by atoms with E-state index in [9.17, 15) is 10.1 Å². The maximum Gasteiger partial charge on any atom is 0.434 e. The highest BCUT2D eigenvalue weighted by atomic mass is 16.6. The van der Waals surface area contributed by atoms with Gasteiger partial charge in [-0.1, -0.05) is 11.9 Å². The molecule has 1 unspecified atom stereocenters. The Bertz CT molecular complexity index is 514. The molecular formula is C15H25N5O2. The molecule has 2 aliphatic rings. The molecule has 1 atom stereocenters. The molecule has 0 radical (unpaired) electrons. The van der Waals surface area contributed by atoms with Gasteiger partial charge in [-0.15, -0.1) is 0 Å². The Morgan fingerprint density at radius 2 is 2.14 bits per heavy atom. The van der Waals surface area contributed by atoms with E-state index in [0.29, 0.717) is 12.5 Å². The summed E-state index contributed by atoms with van der Waals surface area (Å²) in [6, 6.07) is 0. The number of aromatic nitrogens is 2. The molecule has 3 rings (SSSR count). The highest BCUT2D eigenvalue weighted by molar-refractivity contribution is 5.06. The van der Waals surface area contributed by atoms with Crippen molar-refractivity contribution in [1.29, 1.82) is 0 Å². The van der Waals surface area contributed by atoms with E-state index in [1.165, 1.54) is 38.5 Å². The van der Waals surface area contributed by atoms with Crippen LogP contribution in [0, 0.1) is 22.0 Å². The van der Waals surface area contributed by atoms with Gasteiger partial charge in [0.05, 0.1) is 13.2 Å². The van der Waals surface area contributed by atoms with Gasteiger partial charge in [0.2, 0.25) is 0 Å².